The van der Waals surface area contributed by atoms with Gasteiger partial charge in [0.25, 0.3) is 0 Å². The largest absolute Gasteiger partial charge is 0.485 e. The van der Waals surface area contributed by atoms with Gasteiger partial charge in [0.1, 0.15) is 12.7 Å². The molecule has 0 bridgehead atoms. The SMILES string of the molecule is CC.CC.CCC1COc2c(C(C)(C)C)sc(C(C)(C)C)c2O1. The zero-order valence-corrected chi connectivity index (χ0v) is 18.0. The Labute approximate surface area is 148 Å². The summed E-state index contributed by atoms with van der Waals surface area (Å²) in [5.74, 6) is 1.99. The number of hydrogen-bond acceptors (Lipinski definition) is 3. The van der Waals surface area contributed by atoms with Crippen LogP contribution in [0.5, 0.6) is 11.5 Å². The van der Waals surface area contributed by atoms with Crippen LogP contribution in [-0.2, 0) is 10.8 Å². The molecule has 0 saturated carbocycles. The van der Waals surface area contributed by atoms with E-state index in [9.17, 15) is 0 Å². The Morgan fingerprint density at radius 2 is 1.30 bits per heavy atom. The van der Waals surface area contributed by atoms with E-state index in [1.165, 1.54) is 9.75 Å². The molecule has 0 aliphatic carbocycles. The zero-order chi connectivity index (χ0) is 18.4. The molecular formula is C20H38O2S. The minimum absolute atomic E-state index is 0.0945. The van der Waals surface area contributed by atoms with Crippen LogP contribution in [0.4, 0.5) is 0 Å². The van der Waals surface area contributed by atoms with Gasteiger partial charge in [-0.2, -0.15) is 0 Å². The van der Waals surface area contributed by atoms with Gasteiger partial charge in [0.15, 0.2) is 11.5 Å². The van der Waals surface area contributed by atoms with Gasteiger partial charge in [0.05, 0.1) is 9.75 Å². The molecule has 136 valence electrons. The van der Waals surface area contributed by atoms with Crippen molar-refractivity contribution in [3.63, 3.8) is 0 Å². The summed E-state index contributed by atoms with van der Waals surface area (Å²) < 4.78 is 12.2. The molecular weight excluding hydrogens is 304 g/mol. The molecule has 0 aromatic carbocycles. The van der Waals surface area contributed by atoms with Crippen LogP contribution in [0.15, 0.2) is 0 Å². The van der Waals surface area contributed by atoms with E-state index in [2.05, 4.69) is 48.5 Å². The first kappa shape index (κ1) is 22.3. The average Bonchev–Trinajstić information content (AvgIpc) is 2.90. The molecule has 0 N–H and O–H groups in total. The molecule has 0 spiro atoms. The molecule has 1 aromatic heterocycles. The smallest absolute Gasteiger partial charge is 0.176 e. The van der Waals surface area contributed by atoms with Crippen molar-refractivity contribution in [1.29, 1.82) is 0 Å². The van der Waals surface area contributed by atoms with Crippen LogP contribution in [0.1, 0.15) is 92.3 Å². The van der Waals surface area contributed by atoms with Crippen LogP contribution in [0, 0.1) is 0 Å². The number of ether oxygens (including phenoxy) is 2. The van der Waals surface area contributed by atoms with E-state index in [0.717, 1.165) is 17.9 Å². The first-order valence-corrected chi connectivity index (χ1v) is 9.93. The van der Waals surface area contributed by atoms with Crippen LogP contribution in [0.3, 0.4) is 0 Å². The van der Waals surface area contributed by atoms with Crippen molar-refractivity contribution in [2.45, 2.75) is 99.5 Å². The van der Waals surface area contributed by atoms with Crippen molar-refractivity contribution in [2.24, 2.45) is 0 Å². The number of fused-ring (bicyclic) bond motifs is 1. The average molecular weight is 343 g/mol. The van der Waals surface area contributed by atoms with Gasteiger partial charge >= 0.3 is 0 Å². The molecule has 0 radical (unpaired) electrons. The van der Waals surface area contributed by atoms with Crippen molar-refractivity contribution in [3.8, 4) is 11.5 Å². The third kappa shape index (κ3) is 5.41. The van der Waals surface area contributed by atoms with Gasteiger partial charge in [0.2, 0.25) is 0 Å². The lowest BCUT2D eigenvalue weighted by Gasteiger charge is -2.28. The van der Waals surface area contributed by atoms with Crippen molar-refractivity contribution in [1.82, 2.24) is 0 Å². The fourth-order valence-electron chi connectivity index (χ4n) is 2.20. The molecule has 1 aliphatic rings. The van der Waals surface area contributed by atoms with E-state index < -0.39 is 0 Å². The summed E-state index contributed by atoms with van der Waals surface area (Å²) in [5.41, 5.74) is 0.192. The molecule has 2 heterocycles. The van der Waals surface area contributed by atoms with Crippen LogP contribution >= 0.6 is 11.3 Å². The summed E-state index contributed by atoms with van der Waals surface area (Å²) >= 11 is 1.85. The van der Waals surface area contributed by atoms with E-state index in [4.69, 9.17) is 9.47 Å². The van der Waals surface area contributed by atoms with Gasteiger partial charge in [-0.05, 0) is 6.42 Å². The van der Waals surface area contributed by atoms with Crippen molar-refractivity contribution >= 4 is 11.3 Å². The lowest BCUT2D eigenvalue weighted by atomic mass is 9.91. The highest BCUT2D eigenvalue weighted by atomic mass is 32.1. The molecule has 1 aliphatic heterocycles. The zero-order valence-electron chi connectivity index (χ0n) is 17.2. The van der Waals surface area contributed by atoms with E-state index in [0.29, 0.717) is 6.61 Å². The third-order valence-electron chi connectivity index (χ3n) is 3.34. The molecule has 2 nitrogen and oxygen atoms in total. The van der Waals surface area contributed by atoms with Crippen LogP contribution in [-0.4, -0.2) is 12.7 Å². The first-order chi connectivity index (χ1) is 10.6. The van der Waals surface area contributed by atoms with Crippen LogP contribution in [0.2, 0.25) is 0 Å². The Bertz CT molecular complexity index is 461. The van der Waals surface area contributed by atoms with Crippen LogP contribution in [0.25, 0.3) is 0 Å². The van der Waals surface area contributed by atoms with E-state index in [1.807, 2.05) is 39.0 Å². The summed E-state index contributed by atoms with van der Waals surface area (Å²) in [6.45, 7) is 24.3. The Balaban J connectivity index is 0.00000112. The topological polar surface area (TPSA) is 18.5 Å². The highest BCUT2D eigenvalue weighted by Crippen LogP contribution is 2.53. The quantitative estimate of drug-likeness (QED) is 0.550. The third-order valence-corrected chi connectivity index (χ3v) is 5.34. The van der Waals surface area contributed by atoms with Crippen molar-refractivity contribution in [2.75, 3.05) is 6.61 Å². The summed E-state index contributed by atoms with van der Waals surface area (Å²) in [4.78, 5) is 2.62. The van der Waals surface area contributed by atoms with E-state index >= 15 is 0 Å². The molecule has 2 rings (SSSR count). The number of hydrogen-bond donors (Lipinski definition) is 0. The lowest BCUT2D eigenvalue weighted by Crippen LogP contribution is -2.29. The molecule has 1 atom stereocenters. The van der Waals surface area contributed by atoms with E-state index in [-0.39, 0.29) is 16.9 Å². The second-order valence-electron chi connectivity index (χ2n) is 7.38. The Morgan fingerprint density at radius 1 is 0.870 bits per heavy atom. The van der Waals surface area contributed by atoms with Gasteiger partial charge < -0.3 is 9.47 Å². The fourth-order valence-corrected chi connectivity index (χ4v) is 3.50. The van der Waals surface area contributed by atoms with Gasteiger partial charge in [-0.3, -0.25) is 0 Å². The highest BCUT2D eigenvalue weighted by molar-refractivity contribution is 7.13. The summed E-state index contributed by atoms with van der Waals surface area (Å²) in [7, 11) is 0. The fraction of sp³-hybridized carbons (Fsp3) is 0.800. The van der Waals surface area contributed by atoms with Gasteiger partial charge in [0, 0.05) is 10.8 Å². The first-order valence-electron chi connectivity index (χ1n) is 9.11. The minimum Gasteiger partial charge on any atom is -0.485 e. The molecule has 3 heteroatoms. The van der Waals surface area contributed by atoms with Crippen molar-refractivity contribution < 1.29 is 9.47 Å². The normalized spacial score (nSPS) is 16.7. The molecule has 0 amide bonds. The minimum atomic E-state index is 0.0945. The second kappa shape index (κ2) is 8.96. The summed E-state index contributed by atoms with van der Waals surface area (Å²) in [6, 6.07) is 0. The van der Waals surface area contributed by atoms with Crippen molar-refractivity contribution in [3.05, 3.63) is 9.75 Å². The van der Waals surface area contributed by atoms with E-state index in [1.54, 1.807) is 0 Å². The Hall–Kier alpha value is -0.700. The molecule has 1 aromatic rings. The Morgan fingerprint density at radius 3 is 1.70 bits per heavy atom. The monoisotopic (exact) mass is 342 g/mol. The maximum atomic E-state index is 6.20. The van der Waals surface area contributed by atoms with Gasteiger partial charge in [-0.25, -0.2) is 0 Å². The van der Waals surface area contributed by atoms with Crippen LogP contribution < -0.4 is 9.47 Å². The molecule has 1 unspecified atom stereocenters. The number of rotatable bonds is 1. The van der Waals surface area contributed by atoms with Gasteiger partial charge in [-0.1, -0.05) is 76.2 Å². The maximum Gasteiger partial charge on any atom is 0.176 e. The molecule has 23 heavy (non-hydrogen) atoms. The molecule has 0 saturated heterocycles. The summed E-state index contributed by atoms with van der Waals surface area (Å²) in [6.07, 6.45) is 1.18. The second-order valence-corrected chi connectivity index (χ2v) is 8.40. The maximum absolute atomic E-state index is 6.20. The summed E-state index contributed by atoms with van der Waals surface area (Å²) in [5, 5.41) is 0. The predicted molar refractivity (Wildman–Crippen MR) is 105 cm³/mol. The standard InChI is InChI=1S/C16H26O2S.2C2H6/c1-8-10-9-17-11-12(18-10)14(16(5,6)7)19-13(11)15(2,3)4;2*1-2/h10H,8-9H2,1-7H3;2*1-2H3. The molecule has 0 fully saturated rings. The van der Waals surface area contributed by atoms with Gasteiger partial charge in [-0.15, -0.1) is 11.3 Å². The predicted octanol–water partition coefficient (Wildman–Crippen LogP) is 6.95. The highest BCUT2D eigenvalue weighted by Gasteiger charge is 2.36. The Kier molecular flexibility index (Phi) is 8.69. The number of thiophene rings is 1. The lowest BCUT2D eigenvalue weighted by molar-refractivity contribution is 0.0861.